The van der Waals surface area contributed by atoms with Crippen LogP contribution in [0.1, 0.15) is 28.5 Å². The van der Waals surface area contributed by atoms with E-state index in [1.807, 2.05) is 67.6 Å². The highest BCUT2D eigenvalue weighted by atomic mass is 32.2. The molecule has 0 N–H and O–H groups in total. The lowest BCUT2D eigenvalue weighted by Gasteiger charge is -2.20. The molecule has 0 aliphatic carbocycles. The van der Waals surface area contributed by atoms with Crippen LogP contribution in [0.2, 0.25) is 0 Å². The summed E-state index contributed by atoms with van der Waals surface area (Å²) in [6.45, 7) is 4.53. The van der Waals surface area contributed by atoms with E-state index in [1.165, 1.54) is 11.3 Å². The van der Waals surface area contributed by atoms with E-state index in [-0.39, 0.29) is 5.91 Å². The number of pyridine rings is 1. The van der Waals surface area contributed by atoms with E-state index in [0.29, 0.717) is 17.2 Å². The Bertz CT molecular complexity index is 1140. The summed E-state index contributed by atoms with van der Waals surface area (Å²) in [7, 11) is 0. The Morgan fingerprint density at radius 3 is 2.72 bits per heavy atom. The van der Waals surface area contributed by atoms with Crippen LogP contribution < -0.4 is 4.90 Å². The Balaban J connectivity index is 1.76. The number of carbonyl (C=O) groups excluding carboxylic acids is 1. The number of benzene rings is 2. The predicted octanol–water partition coefficient (Wildman–Crippen LogP) is 5.96. The lowest BCUT2D eigenvalue weighted by Crippen LogP contribution is -2.30. The molecule has 0 saturated carbocycles. The summed E-state index contributed by atoms with van der Waals surface area (Å²) < 4.78 is 1.08. The number of nitrogens with zero attached hydrogens (tertiary/aromatic N) is 3. The smallest absolute Gasteiger partial charge is 0.260 e. The van der Waals surface area contributed by atoms with Crippen molar-refractivity contribution >= 4 is 44.4 Å². The van der Waals surface area contributed by atoms with Crippen LogP contribution in [0.5, 0.6) is 0 Å². The number of aryl methyl sites for hydroxylation is 1. The summed E-state index contributed by atoms with van der Waals surface area (Å²) >= 11 is 3.27. The van der Waals surface area contributed by atoms with Gasteiger partial charge in [0, 0.05) is 16.7 Å². The SMILES string of the molecule is CCSc1cccc(C(=O)N(Cc2ccccn2)c2nc3c(C)cccc3s2)c1. The quantitative estimate of drug-likeness (QED) is 0.362. The van der Waals surface area contributed by atoms with Gasteiger partial charge in [-0.3, -0.25) is 14.7 Å². The summed E-state index contributed by atoms with van der Waals surface area (Å²) in [5.41, 5.74) is 3.55. The van der Waals surface area contributed by atoms with E-state index in [2.05, 4.69) is 11.9 Å². The molecule has 4 rings (SSSR count). The molecule has 29 heavy (non-hydrogen) atoms. The molecule has 1 amide bonds. The number of rotatable bonds is 6. The molecule has 0 fully saturated rings. The first-order chi connectivity index (χ1) is 14.2. The van der Waals surface area contributed by atoms with Crippen molar-refractivity contribution in [3.63, 3.8) is 0 Å². The van der Waals surface area contributed by atoms with Crippen LogP contribution in [-0.4, -0.2) is 21.6 Å². The zero-order valence-corrected chi connectivity index (χ0v) is 18.0. The van der Waals surface area contributed by atoms with Crippen molar-refractivity contribution in [1.82, 2.24) is 9.97 Å². The number of hydrogen-bond donors (Lipinski definition) is 0. The lowest BCUT2D eigenvalue weighted by molar-refractivity contribution is 0.0984. The first-order valence-electron chi connectivity index (χ1n) is 9.46. The maximum Gasteiger partial charge on any atom is 0.260 e. The number of thiazole rings is 1. The molecule has 146 valence electrons. The molecule has 0 unspecified atom stereocenters. The second-order valence-electron chi connectivity index (χ2n) is 6.59. The zero-order valence-electron chi connectivity index (χ0n) is 16.3. The number of anilines is 1. The van der Waals surface area contributed by atoms with Gasteiger partial charge >= 0.3 is 0 Å². The van der Waals surface area contributed by atoms with Gasteiger partial charge < -0.3 is 0 Å². The molecule has 0 spiro atoms. The Morgan fingerprint density at radius 2 is 1.97 bits per heavy atom. The van der Waals surface area contributed by atoms with E-state index in [0.717, 1.165) is 32.1 Å². The summed E-state index contributed by atoms with van der Waals surface area (Å²) in [6.07, 6.45) is 1.75. The van der Waals surface area contributed by atoms with Crippen LogP contribution in [0.25, 0.3) is 10.2 Å². The molecule has 0 aliphatic heterocycles. The fourth-order valence-electron chi connectivity index (χ4n) is 3.11. The fourth-order valence-corrected chi connectivity index (χ4v) is 4.87. The number of thioether (sulfide) groups is 1. The predicted molar refractivity (Wildman–Crippen MR) is 122 cm³/mol. The summed E-state index contributed by atoms with van der Waals surface area (Å²) in [4.78, 5) is 25.6. The minimum absolute atomic E-state index is 0.0640. The number of fused-ring (bicyclic) bond motifs is 1. The first kappa shape index (κ1) is 19.6. The highest BCUT2D eigenvalue weighted by Gasteiger charge is 2.23. The Labute approximate surface area is 178 Å². The molecule has 0 saturated heterocycles. The van der Waals surface area contributed by atoms with Gasteiger partial charge in [0.15, 0.2) is 5.13 Å². The number of carbonyl (C=O) groups is 1. The third-order valence-electron chi connectivity index (χ3n) is 4.52. The molecule has 2 aromatic carbocycles. The van der Waals surface area contributed by atoms with Gasteiger partial charge in [-0.15, -0.1) is 11.8 Å². The minimum Gasteiger partial charge on any atom is -0.278 e. The molecule has 0 radical (unpaired) electrons. The normalized spacial score (nSPS) is 11.0. The Morgan fingerprint density at radius 1 is 1.10 bits per heavy atom. The van der Waals surface area contributed by atoms with Gasteiger partial charge in [0.25, 0.3) is 5.91 Å². The number of aromatic nitrogens is 2. The van der Waals surface area contributed by atoms with Crippen LogP contribution in [-0.2, 0) is 6.54 Å². The Hall–Kier alpha value is -2.70. The third kappa shape index (κ3) is 4.33. The molecule has 6 heteroatoms. The average Bonchev–Trinajstić information content (AvgIpc) is 3.18. The highest BCUT2D eigenvalue weighted by Crippen LogP contribution is 2.32. The summed E-state index contributed by atoms with van der Waals surface area (Å²) in [5, 5.41) is 0.693. The van der Waals surface area contributed by atoms with E-state index in [1.54, 1.807) is 22.9 Å². The molecule has 0 aliphatic rings. The van der Waals surface area contributed by atoms with Crippen molar-refractivity contribution in [2.24, 2.45) is 0 Å². The molecule has 2 aromatic heterocycles. The van der Waals surface area contributed by atoms with Gasteiger partial charge in [-0.2, -0.15) is 0 Å². The van der Waals surface area contributed by atoms with Gasteiger partial charge in [0.1, 0.15) is 0 Å². The van der Waals surface area contributed by atoms with Crippen LogP contribution in [0, 0.1) is 6.92 Å². The van der Waals surface area contributed by atoms with E-state index in [9.17, 15) is 4.79 Å². The standard InChI is InChI=1S/C23H21N3OS2/c1-3-28-19-11-7-9-17(14-19)22(27)26(15-18-10-4-5-13-24-18)23-25-21-16(2)8-6-12-20(21)29-23/h4-14H,3,15H2,1-2H3. The highest BCUT2D eigenvalue weighted by molar-refractivity contribution is 7.99. The topological polar surface area (TPSA) is 46.1 Å². The van der Waals surface area contributed by atoms with Crippen LogP contribution >= 0.6 is 23.1 Å². The number of para-hydroxylation sites is 1. The maximum atomic E-state index is 13.5. The van der Waals surface area contributed by atoms with Crippen LogP contribution in [0.15, 0.2) is 71.8 Å². The molecule has 0 bridgehead atoms. The van der Waals surface area contributed by atoms with Crippen molar-refractivity contribution in [1.29, 1.82) is 0 Å². The minimum atomic E-state index is -0.0640. The molecular weight excluding hydrogens is 398 g/mol. The first-order valence-corrected chi connectivity index (χ1v) is 11.3. The van der Waals surface area contributed by atoms with E-state index >= 15 is 0 Å². The second-order valence-corrected chi connectivity index (χ2v) is 8.94. The largest absolute Gasteiger partial charge is 0.278 e. The van der Waals surface area contributed by atoms with Gasteiger partial charge in [-0.1, -0.05) is 42.5 Å². The third-order valence-corrected chi connectivity index (χ3v) is 6.44. The van der Waals surface area contributed by atoms with Gasteiger partial charge in [-0.05, 0) is 54.6 Å². The van der Waals surface area contributed by atoms with Crippen molar-refractivity contribution in [3.05, 3.63) is 83.7 Å². The van der Waals surface area contributed by atoms with Crippen molar-refractivity contribution in [3.8, 4) is 0 Å². The van der Waals surface area contributed by atoms with Gasteiger partial charge in [0.2, 0.25) is 0 Å². The molecule has 4 nitrogen and oxygen atoms in total. The van der Waals surface area contributed by atoms with Crippen LogP contribution in [0.4, 0.5) is 5.13 Å². The molecular formula is C23H21N3OS2. The maximum absolute atomic E-state index is 13.5. The number of hydrogen-bond acceptors (Lipinski definition) is 5. The average molecular weight is 420 g/mol. The van der Waals surface area contributed by atoms with Crippen LogP contribution in [0.3, 0.4) is 0 Å². The summed E-state index contributed by atoms with van der Waals surface area (Å²) in [6, 6.07) is 19.7. The van der Waals surface area contributed by atoms with Crippen molar-refractivity contribution < 1.29 is 4.79 Å². The Kier molecular flexibility index (Phi) is 5.92. The second kappa shape index (κ2) is 8.76. The molecule has 0 atom stereocenters. The van der Waals surface area contributed by atoms with E-state index < -0.39 is 0 Å². The van der Waals surface area contributed by atoms with Gasteiger partial charge in [-0.25, -0.2) is 4.98 Å². The van der Waals surface area contributed by atoms with Crippen molar-refractivity contribution in [2.75, 3.05) is 10.7 Å². The molecule has 4 aromatic rings. The zero-order chi connectivity index (χ0) is 20.2. The lowest BCUT2D eigenvalue weighted by atomic mass is 10.2. The van der Waals surface area contributed by atoms with Crippen molar-refractivity contribution in [2.45, 2.75) is 25.3 Å². The van der Waals surface area contributed by atoms with E-state index in [4.69, 9.17) is 4.98 Å². The monoisotopic (exact) mass is 419 g/mol. The summed E-state index contributed by atoms with van der Waals surface area (Å²) in [5.74, 6) is 0.901. The van der Waals surface area contributed by atoms with Gasteiger partial charge in [0.05, 0.1) is 22.5 Å². The number of amides is 1. The molecule has 2 heterocycles. The fraction of sp³-hybridized carbons (Fsp3) is 0.174.